The van der Waals surface area contributed by atoms with Gasteiger partial charge in [0, 0.05) is 36.9 Å². The van der Waals surface area contributed by atoms with E-state index in [1.165, 1.54) is 6.07 Å². The molecule has 1 fully saturated rings. The lowest BCUT2D eigenvalue weighted by molar-refractivity contribution is 0.0152. The number of aryl methyl sites for hydroxylation is 1. The Morgan fingerprint density at radius 1 is 1.03 bits per heavy atom. The van der Waals surface area contributed by atoms with E-state index < -0.39 is 11.6 Å². The number of rotatable bonds is 7. The lowest BCUT2D eigenvalue weighted by atomic mass is 10.0. The molecule has 1 atom stereocenters. The van der Waals surface area contributed by atoms with Crippen LogP contribution in [0.15, 0.2) is 36.7 Å². The van der Waals surface area contributed by atoms with Crippen LogP contribution in [0, 0.1) is 18.6 Å². The summed E-state index contributed by atoms with van der Waals surface area (Å²) in [7, 11) is 0. The van der Waals surface area contributed by atoms with Crippen molar-refractivity contribution < 1.29 is 13.5 Å². The number of morpholine rings is 1. The molecule has 0 saturated carbocycles. The molecule has 8 nitrogen and oxygen atoms in total. The summed E-state index contributed by atoms with van der Waals surface area (Å²) < 4.78 is 37.2. The standard InChI is InChI=1S/C27H31F2N7O/c1-5-22(35-8-10-37-11-9-35)18-6-7-24(30-14-18)33-27-31-15-21(29)25(34-27)19-12-20(28)26-23(13-19)36(16(2)3)17(4)32-26/h6-7,12-16,22H,5,8-11H2,1-4H3,(H,30,31,33,34)/t22-/m0/s1. The normalized spacial score (nSPS) is 15.4. The van der Waals surface area contributed by atoms with Crippen molar-refractivity contribution in [1.82, 2.24) is 29.4 Å². The zero-order valence-corrected chi connectivity index (χ0v) is 21.5. The number of hydrogen-bond donors (Lipinski definition) is 1. The molecular formula is C27H31F2N7O. The third kappa shape index (κ3) is 5.03. The Morgan fingerprint density at radius 2 is 1.81 bits per heavy atom. The van der Waals surface area contributed by atoms with Crippen molar-refractivity contribution in [2.75, 3.05) is 31.6 Å². The number of nitrogens with zero attached hydrogens (tertiary/aromatic N) is 6. The third-order valence-electron chi connectivity index (χ3n) is 6.74. The number of halogens is 2. The third-order valence-corrected chi connectivity index (χ3v) is 6.74. The highest BCUT2D eigenvalue weighted by atomic mass is 19.1. The highest BCUT2D eigenvalue weighted by Crippen LogP contribution is 2.31. The molecule has 0 aliphatic carbocycles. The Labute approximate surface area is 214 Å². The van der Waals surface area contributed by atoms with Gasteiger partial charge in [-0.1, -0.05) is 13.0 Å². The first-order valence-electron chi connectivity index (χ1n) is 12.6. The van der Waals surface area contributed by atoms with Crippen LogP contribution in [-0.2, 0) is 4.74 Å². The number of ether oxygens (including phenoxy) is 1. The zero-order valence-electron chi connectivity index (χ0n) is 21.5. The van der Waals surface area contributed by atoms with Gasteiger partial charge in [-0.15, -0.1) is 0 Å². The van der Waals surface area contributed by atoms with Gasteiger partial charge in [-0.05, 0) is 51.0 Å². The average Bonchev–Trinajstić information content (AvgIpc) is 3.24. The molecule has 1 aliphatic rings. The SMILES string of the molecule is CC[C@@H](c1ccc(Nc2ncc(F)c(-c3cc(F)c4nc(C)n(C(C)C)c4c3)n2)nc1)N1CCOCC1. The summed E-state index contributed by atoms with van der Waals surface area (Å²) in [4.78, 5) is 19.7. The van der Waals surface area contributed by atoms with Gasteiger partial charge in [0.05, 0.1) is 24.9 Å². The molecule has 37 heavy (non-hydrogen) atoms. The zero-order chi connectivity index (χ0) is 26.1. The van der Waals surface area contributed by atoms with Crippen molar-refractivity contribution in [2.45, 2.75) is 46.2 Å². The highest BCUT2D eigenvalue weighted by molar-refractivity contribution is 5.83. The molecule has 0 bridgehead atoms. The minimum atomic E-state index is -0.642. The lowest BCUT2D eigenvalue weighted by Gasteiger charge is -2.34. The molecule has 194 valence electrons. The fourth-order valence-corrected chi connectivity index (χ4v) is 5.07. The monoisotopic (exact) mass is 507 g/mol. The van der Waals surface area contributed by atoms with E-state index in [1.54, 1.807) is 6.07 Å². The van der Waals surface area contributed by atoms with E-state index in [9.17, 15) is 8.78 Å². The van der Waals surface area contributed by atoms with E-state index in [2.05, 4.69) is 37.1 Å². The van der Waals surface area contributed by atoms with Gasteiger partial charge in [0.15, 0.2) is 11.6 Å². The molecule has 3 aromatic heterocycles. The number of pyridine rings is 1. The fraction of sp³-hybridized carbons (Fsp3) is 0.407. The van der Waals surface area contributed by atoms with Crippen molar-refractivity contribution in [3.63, 3.8) is 0 Å². The second kappa shape index (κ2) is 10.5. The maximum Gasteiger partial charge on any atom is 0.229 e. The molecule has 1 saturated heterocycles. The molecule has 4 heterocycles. The summed E-state index contributed by atoms with van der Waals surface area (Å²) >= 11 is 0. The van der Waals surface area contributed by atoms with Gasteiger partial charge in [0.1, 0.15) is 22.9 Å². The molecule has 1 aliphatic heterocycles. The van der Waals surface area contributed by atoms with E-state index >= 15 is 0 Å². The molecule has 1 aromatic carbocycles. The molecular weight excluding hydrogens is 476 g/mol. The summed E-state index contributed by atoms with van der Waals surface area (Å²) in [6, 6.07) is 7.21. The Bertz CT molecular complexity index is 1400. The largest absolute Gasteiger partial charge is 0.379 e. The van der Waals surface area contributed by atoms with Crippen LogP contribution in [-0.4, -0.2) is 55.7 Å². The van der Waals surface area contributed by atoms with Crippen LogP contribution < -0.4 is 5.32 Å². The summed E-state index contributed by atoms with van der Waals surface area (Å²) in [6.45, 7) is 11.3. The average molecular weight is 508 g/mol. The first-order chi connectivity index (χ1) is 17.9. The van der Waals surface area contributed by atoms with Crippen LogP contribution in [0.3, 0.4) is 0 Å². The molecule has 0 unspecified atom stereocenters. The Balaban J connectivity index is 1.42. The number of benzene rings is 1. The summed E-state index contributed by atoms with van der Waals surface area (Å²) in [5.41, 5.74) is 2.29. The number of imidazole rings is 1. The van der Waals surface area contributed by atoms with Crippen LogP contribution in [0.25, 0.3) is 22.3 Å². The molecule has 10 heteroatoms. The van der Waals surface area contributed by atoms with Crippen molar-refractivity contribution in [1.29, 1.82) is 0 Å². The maximum atomic E-state index is 15.0. The minimum absolute atomic E-state index is 0.00226. The molecule has 1 N–H and O–H groups in total. The van der Waals surface area contributed by atoms with E-state index in [1.807, 2.05) is 43.7 Å². The van der Waals surface area contributed by atoms with Gasteiger partial charge >= 0.3 is 0 Å². The van der Waals surface area contributed by atoms with Crippen LogP contribution in [0.2, 0.25) is 0 Å². The van der Waals surface area contributed by atoms with Crippen molar-refractivity contribution >= 4 is 22.8 Å². The number of aromatic nitrogens is 5. The summed E-state index contributed by atoms with van der Waals surface area (Å²) in [5, 5.41) is 3.05. The van der Waals surface area contributed by atoms with E-state index in [0.717, 1.165) is 44.5 Å². The van der Waals surface area contributed by atoms with Gasteiger partial charge in [-0.25, -0.2) is 28.7 Å². The molecule has 0 spiro atoms. The minimum Gasteiger partial charge on any atom is -0.379 e. The van der Waals surface area contributed by atoms with Gasteiger partial charge in [0.2, 0.25) is 5.95 Å². The lowest BCUT2D eigenvalue weighted by Crippen LogP contribution is -2.38. The number of fused-ring (bicyclic) bond motifs is 1. The van der Waals surface area contributed by atoms with Crippen LogP contribution in [0.5, 0.6) is 0 Å². The predicted octanol–water partition coefficient (Wildman–Crippen LogP) is 5.58. The number of hydrogen-bond acceptors (Lipinski definition) is 7. The predicted molar refractivity (Wildman–Crippen MR) is 139 cm³/mol. The molecule has 0 amide bonds. The summed E-state index contributed by atoms with van der Waals surface area (Å²) in [5.74, 6) is 0.237. The Hall–Kier alpha value is -3.50. The second-order valence-electron chi connectivity index (χ2n) is 9.51. The second-order valence-corrected chi connectivity index (χ2v) is 9.51. The maximum absolute atomic E-state index is 15.0. The Morgan fingerprint density at radius 3 is 2.49 bits per heavy atom. The van der Waals surface area contributed by atoms with E-state index in [0.29, 0.717) is 22.7 Å². The molecule has 5 rings (SSSR count). The quantitative estimate of drug-likeness (QED) is 0.350. The molecule has 4 aromatic rings. The molecule has 0 radical (unpaired) electrons. The van der Waals surface area contributed by atoms with Crippen LogP contribution >= 0.6 is 0 Å². The summed E-state index contributed by atoms with van der Waals surface area (Å²) in [6.07, 6.45) is 3.89. The van der Waals surface area contributed by atoms with Gasteiger partial charge in [-0.3, -0.25) is 4.90 Å². The van der Waals surface area contributed by atoms with Crippen molar-refractivity contribution in [3.8, 4) is 11.3 Å². The van der Waals surface area contributed by atoms with Gasteiger partial charge in [-0.2, -0.15) is 0 Å². The smallest absolute Gasteiger partial charge is 0.229 e. The topological polar surface area (TPSA) is 81.0 Å². The van der Waals surface area contributed by atoms with E-state index in [-0.39, 0.29) is 29.2 Å². The van der Waals surface area contributed by atoms with Gasteiger partial charge < -0.3 is 14.6 Å². The van der Waals surface area contributed by atoms with Crippen LogP contribution in [0.1, 0.15) is 50.7 Å². The first kappa shape index (κ1) is 25.2. The van der Waals surface area contributed by atoms with Crippen molar-refractivity contribution in [2.24, 2.45) is 0 Å². The fourth-order valence-electron chi connectivity index (χ4n) is 5.07. The van der Waals surface area contributed by atoms with E-state index in [4.69, 9.17) is 4.74 Å². The number of nitrogens with one attached hydrogen (secondary N) is 1. The van der Waals surface area contributed by atoms with Gasteiger partial charge in [0.25, 0.3) is 0 Å². The number of anilines is 2. The highest BCUT2D eigenvalue weighted by Gasteiger charge is 2.22. The first-order valence-corrected chi connectivity index (χ1v) is 12.6. The van der Waals surface area contributed by atoms with Crippen molar-refractivity contribution in [3.05, 3.63) is 59.7 Å². The van der Waals surface area contributed by atoms with Crippen LogP contribution in [0.4, 0.5) is 20.5 Å². The Kier molecular flexibility index (Phi) is 7.12.